The van der Waals surface area contributed by atoms with Crippen molar-refractivity contribution >= 4 is 35.0 Å². The Morgan fingerprint density at radius 1 is 1.22 bits per heavy atom. The van der Waals surface area contributed by atoms with Crippen molar-refractivity contribution in [3.8, 4) is 0 Å². The molecule has 9 heteroatoms. The minimum absolute atomic E-state index is 0.0910. The summed E-state index contributed by atoms with van der Waals surface area (Å²) in [5, 5.41) is 2.74. The quantitative estimate of drug-likeness (QED) is 0.766. The molecule has 1 aliphatic rings. The first-order valence-electron chi connectivity index (χ1n) is 8.64. The second-order valence-electron chi connectivity index (χ2n) is 7.44. The number of carbonyl (C=O) groups excluding carboxylic acids is 3. The smallest absolute Gasteiger partial charge is 0.410 e. The highest BCUT2D eigenvalue weighted by Crippen LogP contribution is 2.40. The molecule has 0 unspecified atom stereocenters. The summed E-state index contributed by atoms with van der Waals surface area (Å²) < 4.78 is 15.5. The fourth-order valence-electron chi connectivity index (χ4n) is 2.47. The largest absolute Gasteiger partial charge is 0.465 e. The number of thiophene rings is 1. The maximum Gasteiger partial charge on any atom is 0.410 e. The van der Waals surface area contributed by atoms with E-state index in [1.165, 1.54) is 23.3 Å². The van der Waals surface area contributed by atoms with Gasteiger partial charge in [-0.25, -0.2) is 9.59 Å². The van der Waals surface area contributed by atoms with Crippen LogP contribution in [0.25, 0.3) is 0 Å². The van der Waals surface area contributed by atoms with E-state index in [4.69, 9.17) is 14.2 Å². The van der Waals surface area contributed by atoms with Crippen LogP contribution in [0.3, 0.4) is 0 Å². The molecule has 150 valence electrons. The van der Waals surface area contributed by atoms with Crippen molar-refractivity contribution < 1.29 is 28.6 Å². The number of nitrogens with one attached hydrogen (secondary N) is 1. The normalized spacial score (nSPS) is 13.5. The molecule has 0 spiro atoms. The molecule has 0 aromatic carbocycles. The van der Waals surface area contributed by atoms with Gasteiger partial charge in [-0.05, 0) is 34.6 Å². The van der Waals surface area contributed by atoms with Gasteiger partial charge in [0, 0.05) is 10.4 Å². The molecular weight excluding hydrogens is 372 g/mol. The summed E-state index contributed by atoms with van der Waals surface area (Å²) in [4.78, 5) is 39.3. The molecule has 2 heterocycles. The highest BCUT2D eigenvalue weighted by molar-refractivity contribution is 7.14. The number of nitrogens with zero attached hydrogens (tertiary/aromatic N) is 1. The molecule has 8 nitrogen and oxygen atoms in total. The van der Waals surface area contributed by atoms with Crippen LogP contribution in [-0.2, 0) is 32.1 Å². The zero-order chi connectivity index (χ0) is 20.4. The van der Waals surface area contributed by atoms with E-state index < -0.39 is 17.7 Å². The van der Waals surface area contributed by atoms with Crippen molar-refractivity contribution in [2.75, 3.05) is 19.0 Å². The van der Waals surface area contributed by atoms with Crippen LogP contribution in [0.4, 0.5) is 10.5 Å². The summed E-state index contributed by atoms with van der Waals surface area (Å²) in [7, 11) is 1.29. The zero-order valence-corrected chi connectivity index (χ0v) is 17.3. The van der Waals surface area contributed by atoms with Gasteiger partial charge in [0.05, 0.1) is 32.0 Å². The summed E-state index contributed by atoms with van der Waals surface area (Å²) in [6.07, 6.45) is -0.530. The third-order valence-corrected chi connectivity index (χ3v) is 4.81. The molecule has 0 atom stereocenters. The number of ether oxygens (including phenoxy) is 3. The highest BCUT2D eigenvalue weighted by Gasteiger charge is 2.34. The molecule has 1 aliphatic heterocycles. The first-order valence-corrected chi connectivity index (χ1v) is 9.45. The number of hydrogen-bond acceptors (Lipinski definition) is 7. The molecule has 0 aliphatic carbocycles. The fraction of sp³-hybridized carbons (Fsp3) is 0.611. The summed E-state index contributed by atoms with van der Waals surface area (Å²) in [6, 6.07) is 0. The number of rotatable bonds is 5. The van der Waals surface area contributed by atoms with Crippen LogP contribution < -0.4 is 5.32 Å². The van der Waals surface area contributed by atoms with Gasteiger partial charge < -0.3 is 19.5 Å². The molecule has 0 saturated heterocycles. The number of carbonyl (C=O) groups is 3. The maximum atomic E-state index is 12.3. The number of methoxy groups -OCH3 is 1. The Kier molecular flexibility index (Phi) is 6.48. The van der Waals surface area contributed by atoms with Crippen molar-refractivity contribution in [2.45, 2.75) is 59.4 Å². The average molecular weight is 398 g/mol. The van der Waals surface area contributed by atoms with E-state index in [1.807, 2.05) is 13.8 Å². The summed E-state index contributed by atoms with van der Waals surface area (Å²) in [5.41, 5.74) is 0.504. The Labute approximate surface area is 162 Å². The maximum absolute atomic E-state index is 12.3. The monoisotopic (exact) mass is 398 g/mol. The second-order valence-corrected chi connectivity index (χ2v) is 8.55. The lowest BCUT2D eigenvalue weighted by molar-refractivity contribution is -0.121. The second kappa shape index (κ2) is 8.26. The number of esters is 1. The lowest BCUT2D eigenvalue weighted by atomic mass is 10.2. The van der Waals surface area contributed by atoms with Gasteiger partial charge >= 0.3 is 12.1 Å². The Hall–Kier alpha value is -2.13. The first kappa shape index (κ1) is 21.2. The molecule has 2 rings (SSSR count). The molecule has 27 heavy (non-hydrogen) atoms. The van der Waals surface area contributed by atoms with Crippen molar-refractivity contribution in [3.63, 3.8) is 0 Å². The van der Waals surface area contributed by atoms with Gasteiger partial charge in [0.15, 0.2) is 0 Å². The van der Waals surface area contributed by atoms with Crippen LogP contribution >= 0.6 is 11.3 Å². The Morgan fingerprint density at radius 3 is 2.44 bits per heavy atom. The number of hydrogen-bond donors (Lipinski definition) is 1. The van der Waals surface area contributed by atoms with Crippen molar-refractivity contribution in [1.29, 1.82) is 0 Å². The van der Waals surface area contributed by atoms with Crippen LogP contribution in [0.5, 0.6) is 0 Å². The Balaban J connectivity index is 2.21. The van der Waals surface area contributed by atoms with E-state index in [-0.39, 0.29) is 25.2 Å². The molecule has 1 N–H and O–H groups in total. The van der Waals surface area contributed by atoms with E-state index in [0.29, 0.717) is 17.1 Å². The average Bonchev–Trinajstić information content (AvgIpc) is 3.10. The molecule has 0 bridgehead atoms. The van der Waals surface area contributed by atoms with Gasteiger partial charge in [-0.1, -0.05) is 0 Å². The van der Waals surface area contributed by atoms with Crippen LogP contribution in [0.2, 0.25) is 0 Å². The van der Waals surface area contributed by atoms with Crippen LogP contribution in [0, 0.1) is 0 Å². The van der Waals surface area contributed by atoms with E-state index in [1.54, 1.807) is 20.8 Å². The predicted molar refractivity (Wildman–Crippen MR) is 101 cm³/mol. The molecule has 0 fully saturated rings. The molecule has 0 radical (unpaired) electrons. The van der Waals surface area contributed by atoms with Crippen LogP contribution in [0.1, 0.15) is 54.7 Å². The van der Waals surface area contributed by atoms with Gasteiger partial charge in [-0.15, -0.1) is 11.3 Å². The van der Waals surface area contributed by atoms with Crippen LogP contribution in [0.15, 0.2) is 0 Å². The third-order valence-electron chi connectivity index (χ3n) is 3.61. The highest BCUT2D eigenvalue weighted by atomic mass is 32.1. The standard InChI is InChI=1S/C18H26N2O6S/c1-10(2)25-9-13(21)19-14-11-7-20(17(23)26-18(3,4)5)8-12(11)27-15(14)16(22)24-6/h10H,7-9H2,1-6H3,(H,19,21). The summed E-state index contributed by atoms with van der Waals surface area (Å²) in [6.45, 7) is 9.49. The summed E-state index contributed by atoms with van der Waals surface area (Å²) >= 11 is 1.21. The van der Waals surface area contributed by atoms with Crippen LogP contribution in [-0.4, -0.2) is 48.3 Å². The van der Waals surface area contributed by atoms with Gasteiger partial charge in [0.25, 0.3) is 0 Å². The van der Waals surface area contributed by atoms with Gasteiger partial charge in [-0.2, -0.15) is 0 Å². The molecular formula is C18H26N2O6S. The molecule has 1 aromatic heterocycles. The summed E-state index contributed by atoms with van der Waals surface area (Å²) in [5.74, 6) is -0.900. The lowest BCUT2D eigenvalue weighted by Crippen LogP contribution is -2.33. The fourth-order valence-corrected chi connectivity index (χ4v) is 3.67. The lowest BCUT2D eigenvalue weighted by Gasteiger charge is -2.24. The zero-order valence-electron chi connectivity index (χ0n) is 16.5. The number of anilines is 1. The Morgan fingerprint density at radius 2 is 1.89 bits per heavy atom. The predicted octanol–water partition coefficient (Wildman–Crippen LogP) is 3.15. The molecule has 2 amide bonds. The van der Waals surface area contributed by atoms with E-state index in [9.17, 15) is 14.4 Å². The van der Waals surface area contributed by atoms with Crippen molar-refractivity contribution in [2.24, 2.45) is 0 Å². The van der Waals surface area contributed by atoms with Gasteiger partial charge in [-0.3, -0.25) is 9.69 Å². The minimum atomic E-state index is -0.602. The molecule has 1 aromatic rings. The Bertz CT molecular complexity index is 735. The topological polar surface area (TPSA) is 94.2 Å². The van der Waals surface area contributed by atoms with Crippen molar-refractivity contribution in [1.82, 2.24) is 4.90 Å². The van der Waals surface area contributed by atoms with Gasteiger partial charge in [0.2, 0.25) is 5.91 Å². The minimum Gasteiger partial charge on any atom is -0.465 e. The van der Waals surface area contributed by atoms with E-state index in [0.717, 1.165) is 10.4 Å². The van der Waals surface area contributed by atoms with Gasteiger partial charge in [0.1, 0.15) is 17.1 Å². The third kappa shape index (κ3) is 5.43. The van der Waals surface area contributed by atoms with Crippen molar-refractivity contribution in [3.05, 3.63) is 15.3 Å². The number of amides is 2. The number of fused-ring (bicyclic) bond motifs is 1. The SMILES string of the molecule is COC(=O)c1sc2c(c1NC(=O)COC(C)C)CN(C(=O)OC(C)(C)C)C2. The first-order chi connectivity index (χ1) is 12.5. The molecule has 0 saturated carbocycles. The van der Waals surface area contributed by atoms with E-state index >= 15 is 0 Å². The van der Waals surface area contributed by atoms with E-state index in [2.05, 4.69) is 5.32 Å².